The van der Waals surface area contributed by atoms with Gasteiger partial charge >= 0.3 is 0 Å². The zero-order valence-corrected chi connectivity index (χ0v) is 29.5. The van der Waals surface area contributed by atoms with Crippen LogP contribution in [0.25, 0.3) is 88.0 Å². The normalized spacial score (nSPS) is 11.9. The number of nitrogens with zero attached hydrogens (tertiary/aromatic N) is 2. The molecule has 4 nitrogen and oxygen atoms in total. The third-order valence-electron chi connectivity index (χ3n) is 9.44. The molecule has 0 fully saturated rings. The molecule has 9 aromatic rings. The van der Waals surface area contributed by atoms with Crippen LogP contribution in [0.4, 0.5) is 0 Å². The van der Waals surface area contributed by atoms with Gasteiger partial charge in [0.15, 0.2) is 11.3 Å². The van der Waals surface area contributed by atoms with Crippen LogP contribution in [-0.4, -0.2) is 15.1 Å². The fourth-order valence-corrected chi connectivity index (χ4v) is 6.93. The number of fused-ring (bicyclic) bond motifs is 9. The van der Waals surface area contributed by atoms with Gasteiger partial charge in [-0.1, -0.05) is 123 Å². The van der Waals surface area contributed by atoms with Crippen molar-refractivity contribution in [3.63, 3.8) is 0 Å². The summed E-state index contributed by atoms with van der Waals surface area (Å²) in [5.41, 5.74) is 8.63. The van der Waals surface area contributed by atoms with Gasteiger partial charge < -0.3 is 9.52 Å². The van der Waals surface area contributed by atoms with E-state index in [-0.39, 0.29) is 32.2 Å². The Bertz CT molecular complexity index is 2720. The first-order chi connectivity index (χ1) is 23.3. The van der Waals surface area contributed by atoms with Crippen LogP contribution < -0.4 is 0 Å². The maximum atomic E-state index is 11.9. The third kappa shape index (κ3) is 5.10. The first-order valence-electron chi connectivity index (χ1n) is 16.2. The molecule has 0 aliphatic carbocycles. The van der Waals surface area contributed by atoms with Gasteiger partial charge in [-0.2, -0.15) is 0 Å². The Labute approximate surface area is 298 Å². The maximum absolute atomic E-state index is 11.9. The van der Waals surface area contributed by atoms with Crippen LogP contribution in [0.5, 0.6) is 5.75 Å². The van der Waals surface area contributed by atoms with Crippen LogP contribution in [0.3, 0.4) is 0 Å². The summed E-state index contributed by atoms with van der Waals surface area (Å²) in [5.74, 6) is 0.106. The Morgan fingerprint density at radius 1 is 0.612 bits per heavy atom. The van der Waals surface area contributed by atoms with Crippen molar-refractivity contribution in [1.82, 2.24) is 9.97 Å². The molecule has 240 valence electrons. The van der Waals surface area contributed by atoms with Crippen LogP contribution in [0.15, 0.2) is 132 Å². The molecule has 6 aromatic carbocycles. The van der Waals surface area contributed by atoms with E-state index < -0.39 is 0 Å². The van der Waals surface area contributed by atoms with Crippen LogP contribution in [-0.2, 0) is 26.5 Å². The van der Waals surface area contributed by atoms with Crippen molar-refractivity contribution in [2.24, 2.45) is 0 Å². The van der Waals surface area contributed by atoms with Gasteiger partial charge in [0.2, 0.25) is 0 Å². The van der Waals surface area contributed by atoms with Crippen molar-refractivity contribution in [3.8, 4) is 39.4 Å². The summed E-state index contributed by atoms with van der Waals surface area (Å²) in [6.07, 6.45) is 1.86. The number of phenolic OH excluding ortho intramolecular Hbond substituents is 1. The molecule has 1 N–H and O–H groups in total. The van der Waals surface area contributed by atoms with Gasteiger partial charge in [0.05, 0.1) is 10.9 Å². The molecule has 3 aromatic heterocycles. The average Bonchev–Trinajstić information content (AvgIpc) is 3.50. The van der Waals surface area contributed by atoms with E-state index in [0.29, 0.717) is 11.0 Å². The summed E-state index contributed by atoms with van der Waals surface area (Å²) in [6, 6.07) is 45.1. The van der Waals surface area contributed by atoms with E-state index >= 15 is 0 Å². The van der Waals surface area contributed by atoms with E-state index in [0.717, 1.165) is 82.6 Å². The topological polar surface area (TPSA) is 59.2 Å². The molecule has 0 aliphatic heterocycles. The number of hydrogen-bond acceptors (Lipinski definition) is 4. The van der Waals surface area contributed by atoms with Gasteiger partial charge in [-0.25, -0.2) is 0 Å². The molecule has 5 heteroatoms. The Morgan fingerprint density at radius 2 is 1.29 bits per heavy atom. The van der Waals surface area contributed by atoms with Crippen LogP contribution >= 0.6 is 0 Å². The SMILES string of the molecule is CC(C)(C)c1cc(-c2cc(-c3ccccc3)ccn2)[c-]c(-c2ccc3c4ccccc4c4cc5c(oc6ccccc65)c(O)c4c3n2)c1.[Pt]. The molecule has 0 unspecified atom stereocenters. The molecule has 0 spiro atoms. The van der Waals surface area contributed by atoms with Crippen molar-refractivity contribution >= 4 is 54.4 Å². The van der Waals surface area contributed by atoms with E-state index in [1.807, 2.05) is 48.7 Å². The molecular formula is C44H31N2O2Pt-. The largest absolute Gasteiger partial charge is 0.504 e. The molecular weight excluding hydrogens is 784 g/mol. The second-order valence-corrected chi connectivity index (χ2v) is 13.5. The van der Waals surface area contributed by atoms with E-state index in [2.05, 4.69) is 106 Å². The minimum absolute atomic E-state index is 0. The summed E-state index contributed by atoms with van der Waals surface area (Å²) >= 11 is 0. The Balaban J connectivity index is 0.00000348. The van der Waals surface area contributed by atoms with Crippen LogP contribution in [0, 0.1) is 6.07 Å². The summed E-state index contributed by atoms with van der Waals surface area (Å²) in [5, 5.41) is 18.5. The molecule has 0 saturated heterocycles. The monoisotopic (exact) mass is 814 g/mol. The van der Waals surface area contributed by atoms with E-state index in [1.165, 1.54) is 0 Å². The predicted octanol–water partition coefficient (Wildman–Crippen LogP) is 11.6. The number of aromatic nitrogens is 2. The molecule has 0 bridgehead atoms. The van der Waals surface area contributed by atoms with Crippen LogP contribution in [0.2, 0.25) is 0 Å². The van der Waals surface area contributed by atoms with Gasteiger partial charge in [0.25, 0.3) is 0 Å². The number of benzene rings is 6. The first-order valence-corrected chi connectivity index (χ1v) is 16.2. The third-order valence-corrected chi connectivity index (χ3v) is 9.44. The van der Waals surface area contributed by atoms with Crippen LogP contribution in [0.1, 0.15) is 26.3 Å². The maximum Gasteiger partial charge on any atom is 0.177 e. The van der Waals surface area contributed by atoms with Gasteiger partial charge in [0, 0.05) is 54.8 Å². The van der Waals surface area contributed by atoms with Gasteiger partial charge in [-0.15, -0.1) is 23.8 Å². The van der Waals surface area contributed by atoms with Gasteiger partial charge in [-0.3, -0.25) is 9.97 Å². The molecule has 0 amide bonds. The predicted molar refractivity (Wildman–Crippen MR) is 197 cm³/mol. The Kier molecular flexibility index (Phi) is 7.39. The fourth-order valence-electron chi connectivity index (χ4n) is 6.93. The van der Waals surface area contributed by atoms with Crippen molar-refractivity contribution < 1.29 is 30.6 Å². The average molecular weight is 815 g/mol. The van der Waals surface area contributed by atoms with Crippen molar-refractivity contribution in [2.45, 2.75) is 26.2 Å². The Hall–Kier alpha value is -5.31. The van der Waals surface area contributed by atoms with E-state index in [1.54, 1.807) is 0 Å². The molecule has 3 heterocycles. The van der Waals surface area contributed by atoms with E-state index in [9.17, 15) is 5.11 Å². The van der Waals surface area contributed by atoms with E-state index in [4.69, 9.17) is 14.4 Å². The fraction of sp³-hybridized carbons (Fsp3) is 0.0909. The number of rotatable bonds is 3. The molecule has 49 heavy (non-hydrogen) atoms. The number of hydrogen-bond donors (Lipinski definition) is 1. The van der Waals surface area contributed by atoms with Crippen molar-refractivity contribution in [3.05, 3.63) is 139 Å². The zero-order chi connectivity index (χ0) is 32.6. The minimum Gasteiger partial charge on any atom is -0.504 e. The summed E-state index contributed by atoms with van der Waals surface area (Å²) in [7, 11) is 0. The molecule has 0 atom stereocenters. The molecule has 0 saturated carbocycles. The van der Waals surface area contributed by atoms with Crippen molar-refractivity contribution in [2.75, 3.05) is 0 Å². The summed E-state index contributed by atoms with van der Waals surface area (Å²) in [4.78, 5) is 10.1. The number of para-hydroxylation sites is 1. The number of phenols is 1. The van der Waals surface area contributed by atoms with Gasteiger partial charge in [-0.05, 0) is 50.9 Å². The first kappa shape index (κ1) is 31.0. The minimum atomic E-state index is -0.124. The summed E-state index contributed by atoms with van der Waals surface area (Å²) in [6.45, 7) is 6.65. The number of furan rings is 1. The molecule has 0 aliphatic rings. The Morgan fingerprint density at radius 3 is 2.04 bits per heavy atom. The quantitative estimate of drug-likeness (QED) is 0.143. The summed E-state index contributed by atoms with van der Waals surface area (Å²) < 4.78 is 6.24. The smallest absolute Gasteiger partial charge is 0.177 e. The zero-order valence-electron chi connectivity index (χ0n) is 27.2. The second kappa shape index (κ2) is 11.7. The number of aromatic hydroxyl groups is 1. The van der Waals surface area contributed by atoms with Gasteiger partial charge in [0.1, 0.15) is 5.58 Å². The standard InChI is InChI=1S/C44H31N2O2.Pt/c1-44(2,3)30-22-28(21-29(23-30)38-24-27(19-20-45-38)26-11-5-4-6-12-26)37-18-17-34-31-13-7-8-14-32(31)35-25-36-33-15-9-10-16-39(33)48-43(36)42(47)40(35)41(34)46-37;/h4-20,22-25,47H,1-3H3;/q-1;. The molecule has 9 rings (SSSR count). The number of pyridine rings is 2. The second-order valence-electron chi connectivity index (χ2n) is 13.5. The van der Waals surface area contributed by atoms with Crippen molar-refractivity contribution in [1.29, 1.82) is 0 Å². The molecule has 0 radical (unpaired) electrons.